The Morgan fingerprint density at radius 2 is 1.80 bits per heavy atom. The first kappa shape index (κ1) is 15.4. The van der Waals surface area contributed by atoms with Gasteiger partial charge in [-0.05, 0) is 60.4 Å². The second-order valence-corrected chi connectivity index (χ2v) is 6.14. The summed E-state index contributed by atoms with van der Waals surface area (Å²) in [6, 6.07) is 9.54. The molecule has 0 aliphatic rings. The molecule has 0 saturated heterocycles. The van der Waals surface area contributed by atoms with Crippen molar-refractivity contribution < 1.29 is 4.74 Å². The second-order valence-electron chi connectivity index (χ2n) is 4.82. The molecule has 0 aromatic heterocycles. The standard InChI is InChI=1S/C16H17BrClNO/c1-9-7-15(20-3)10(2)6-12(9)16(19)13-8-11(17)4-5-14(13)18/h4-8,16H,19H2,1-3H3. The van der Waals surface area contributed by atoms with Crippen molar-refractivity contribution in [1.29, 1.82) is 0 Å². The molecule has 0 aliphatic heterocycles. The van der Waals surface area contributed by atoms with Crippen LogP contribution in [0.3, 0.4) is 0 Å². The van der Waals surface area contributed by atoms with Crippen LogP contribution in [0.1, 0.15) is 28.3 Å². The number of nitrogens with two attached hydrogens (primary N) is 1. The van der Waals surface area contributed by atoms with Crippen molar-refractivity contribution >= 4 is 27.5 Å². The fourth-order valence-corrected chi connectivity index (χ4v) is 2.90. The molecular formula is C16H17BrClNO. The van der Waals surface area contributed by atoms with Gasteiger partial charge in [0, 0.05) is 9.50 Å². The van der Waals surface area contributed by atoms with Crippen molar-refractivity contribution in [1.82, 2.24) is 0 Å². The number of aryl methyl sites for hydroxylation is 2. The molecule has 1 unspecified atom stereocenters. The summed E-state index contributed by atoms with van der Waals surface area (Å²) in [4.78, 5) is 0. The summed E-state index contributed by atoms with van der Waals surface area (Å²) in [7, 11) is 1.67. The van der Waals surface area contributed by atoms with Gasteiger partial charge in [0.25, 0.3) is 0 Å². The summed E-state index contributed by atoms with van der Waals surface area (Å²) in [5.41, 5.74) is 10.5. The zero-order chi connectivity index (χ0) is 14.9. The number of rotatable bonds is 3. The van der Waals surface area contributed by atoms with E-state index in [-0.39, 0.29) is 6.04 Å². The van der Waals surface area contributed by atoms with Crippen molar-refractivity contribution in [3.63, 3.8) is 0 Å². The first-order valence-corrected chi connectivity index (χ1v) is 7.46. The van der Waals surface area contributed by atoms with E-state index in [4.69, 9.17) is 22.1 Å². The van der Waals surface area contributed by atoms with Crippen LogP contribution in [0.4, 0.5) is 0 Å². The van der Waals surface area contributed by atoms with Gasteiger partial charge in [-0.2, -0.15) is 0 Å². The molecule has 2 aromatic rings. The van der Waals surface area contributed by atoms with Crippen molar-refractivity contribution in [2.75, 3.05) is 7.11 Å². The van der Waals surface area contributed by atoms with E-state index in [1.54, 1.807) is 7.11 Å². The topological polar surface area (TPSA) is 35.2 Å². The molecule has 1 atom stereocenters. The van der Waals surface area contributed by atoms with E-state index in [1.807, 2.05) is 38.1 Å². The maximum Gasteiger partial charge on any atom is 0.122 e. The summed E-state index contributed by atoms with van der Waals surface area (Å²) in [6.07, 6.45) is 0. The van der Waals surface area contributed by atoms with Crippen molar-refractivity contribution in [2.45, 2.75) is 19.9 Å². The lowest BCUT2D eigenvalue weighted by Crippen LogP contribution is -2.14. The minimum absolute atomic E-state index is 0.260. The Morgan fingerprint density at radius 1 is 1.10 bits per heavy atom. The minimum atomic E-state index is -0.260. The Morgan fingerprint density at radius 3 is 2.45 bits per heavy atom. The first-order valence-electron chi connectivity index (χ1n) is 6.29. The molecule has 2 nitrogen and oxygen atoms in total. The number of ether oxygens (including phenoxy) is 1. The van der Waals surface area contributed by atoms with E-state index in [0.717, 1.165) is 32.5 Å². The maximum absolute atomic E-state index is 6.40. The molecule has 0 spiro atoms. The Kier molecular flexibility index (Phi) is 4.74. The van der Waals surface area contributed by atoms with Gasteiger partial charge in [-0.1, -0.05) is 33.6 Å². The quantitative estimate of drug-likeness (QED) is 0.861. The maximum atomic E-state index is 6.40. The van der Waals surface area contributed by atoms with E-state index >= 15 is 0 Å². The van der Waals surface area contributed by atoms with E-state index in [0.29, 0.717) is 5.02 Å². The molecule has 0 amide bonds. The highest BCUT2D eigenvalue weighted by Crippen LogP contribution is 2.33. The van der Waals surface area contributed by atoms with Crippen LogP contribution in [0.15, 0.2) is 34.8 Å². The van der Waals surface area contributed by atoms with Crippen LogP contribution in [0.25, 0.3) is 0 Å². The molecule has 2 N–H and O–H groups in total. The number of halogens is 2. The summed E-state index contributed by atoms with van der Waals surface area (Å²) in [6.45, 7) is 4.04. The lowest BCUT2D eigenvalue weighted by atomic mass is 9.94. The highest BCUT2D eigenvalue weighted by molar-refractivity contribution is 9.10. The van der Waals surface area contributed by atoms with Crippen LogP contribution < -0.4 is 10.5 Å². The average molecular weight is 355 g/mol. The fourth-order valence-electron chi connectivity index (χ4n) is 2.29. The lowest BCUT2D eigenvalue weighted by Gasteiger charge is -2.19. The van der Waals surface area contributed by atoms with Crippen LogP contribution in [-0.4, -0.2) is 7.11 Å². The summed E-state index contributed by atoms with van der Waals surface area (Å²) in [5, 5.41) is 0.675. The average Bonchev–Trinajstić information content (AvgIpc) is 2.42. The normalized spacial score (nSPS) is 12.3. The van der Waals surface area contributed by atoms with Crippen LogP contribution in [0.2, 0.25) is 5.02 Å². The predicted molar refractivity (Wildman–Crippen MR) is 87.7 cm³/mol. The fraction of sp³-hybridized carbons (Fsp3) is 0.250. The number of methoxy groups -OCH3 is 1. The molecule has 2 rings (SSSR count). The SMILES string of the molecule is COc1cc(C)c(C(N)c2cc(Br)ccc2Cl)cc1C. The van der Waals surface area contributed by atoms with Gasteiger partial charge in [0.15, 0.2) is 0 Å². The molecule has 0 heterocycles. The largest absolute Gasteiger partial charge is 0.496 e. The van der Waals surface area contributed by atoms with Gasteiger partial charge in [-0.25, -0.2) is 0 Å². The summed E-state index contributed by atoms with van der Waals surface area (Å²) in [5.74, 6) is 0.874. The van der Waals surface area contributed by atoms with Gasteiger partial charge in [0.2, 0.25) is 0 Å². The van der Waals surface area contributed by atoms with Crippen molar-refractivity contribution in [2.24, 2.45) is 5.73 Å². The third-order valence-corrected chi connectivity index (χ3v) is 4.25. The molecule has 0 fully saturated rings. The molecule has 0 bridgehead atoms. The molecule has 2 aromatic carbocycles. The molecule has 4 heteroatoms. The zero-order valence-electron chi connectivity index (χ0n) is 11.7. The molecule has 0 saturated carbocycles. The number of hydrogen-bond acceptors (Lipinski definition) is 2. The zero-order valence-corrected chi connectivity index (χ0v) is 14.0. The molecule has 106 valence electrons. The third-order valence-electron chi connectivity index (χ3n) is 3.41. The Balaban J connectivity index is 2.50. The van der Waals surface area contributed by atoms with Gasteiger partial charge in [0.05, 0.1) is 13.2 Å². The first-order chi connectivity index (χ1) is 9.43. The van der Waals surface area contributed by atoms with Crippen LogP contribution >= 0.6 is 27.5 Å². The number of benzene rings is 2. The highest BCUT2D eigenvalue weighted by atomic mass is 79.9. The molecular weight excluding hydrogens is 338 g/mol. The second kappa shape index (κ2) is 6.17. The van der Waals surface area contributed by atoms with Crippen LogP contribution in [0.5, 0.6) is 5.75 Å². The van der Waals surface area contributed by atoms with Gasteiger partial charge in [-0.15, -0.1) is 0 Å². The van der Waals surface area contributed by atoms with Crippen LogP contribution in [-0.2, 0) is 0 Å². The van der Waals surface area contributed by atoms with E-state index < -0.39 is 0 Å². The molecule has 0 aliphatic carbocycles. The van der Waals surface area contributed by atoms with Crippen molar-refractivity contribution in [3.05, 3.63) is 62.1 Å². The Labute approximate surface area is 133 Å². The summed E-state index contributed by atoms with van der Waals surface area (Å²) >= 11 is 9.72. The van der Waals surface area contributed by atoms with Gasteiger partial charge in [-0.3, -0.25) is 0 Å². The lowest BCUT2D eigenvalue weighted by molar-refractivity contribution is 0.411. The monoisotopic (exact) mass is 353 g/mol. The van der Waals surface area contributed by atoms with Gasteiger partial charge in [0.1, 0.15) is 5.75 Å². The number of hydrogen-bond donors (Lipinski definition) is 1. The molecule has 20 heavy (non-hydrogen) atoms. The Bertz CT molecular complexity index is 643. The van der Waals surface area contributed by atoms with Gasteiger partial charge >= 0.3 is 0 Å². The summed E-state index contributed by atoms with van der Waals surface area (Å²) < 4.78 is 6.30. The smallest absolute Gasteiger partial charge is 0.122 e. The third kappa shape index (κ3) is 3.00. The van der Waals surface area contributed by atoms with E-state index in [9.17, 15) is 0 Å². The van der Waals surface area contributed by atoms with E-state index in [1.165, 1.54) is 0 Å². The predicted octanol–water partition coefficient (Wildman–Crippen LogP) is 4.78. The Hall–Kier alpha value is -1.03. The van der Waals surface area contributed by atoms with Gasteiger partial charge < -0.3 is 10.5 Å². The highest BCUT2D eigenvalue weighted by Gasteiger charge is 2.16. The van der Waals surface area contributed by atoms with Crippen LogP contribution in [0, 0.1) is 13.8 Å². The van der Waals surface area contributed by atoms with Crippen molar-refractivity contribution in [3.8, 4) is 5.75 Å². The molecule has 0 radical (unpaired) electrons. The van der Waals surface area contributed by atoms with E-state index in [2.05, 4.69) is 22.0 Å². The minimum Gasteiger partial charge on any atom is -0.496 e.